The molecule has 0 aromatic heterocycles. The van der Waals surface area contributed by atoms with Gasteiger partial charge in [-0.2, -0.15) is 0 Å². The van der Waals surface area contributed by atoms with Crippen LogP contribution in [0.1, 0.15) is 16.7 Å². The van der Waals surface area contributed by atoms with Crippen LogP contribution in [0.15, 0.2) is 42.5 Å². The molecule has 0 amide bonds. The second kappa shape index (κ2) is 7.34. The number of benzene rings is 2. The Balaban J connectivity index is 1.92. The van der Waals surface area contributed by atoms with Gasteiger partial charge in [-0.15, -0.1) is 0 Å². The largest absolute Gasteiger partial charge is 0.497 e. The lowest BCUT2D eigenvalue weighted by Crippen LogP contribution is -2.03. The Morgan fingerprint density at radius 2 is 1.80 bits per heavy atom. The number of ether oxygens (including phenoxy) is 2. The van der Waals surface area contributed by atoms with Crippen molar-refractivity contribution in [3.63, 3.8) is 0 Å². The Bertz CT molecular complexity index is 549. The average Bonchev–Trinajstić information content (AvgIpc) is 2.49. The molecule has 0 aliphatic carbocycles. The van der Waals surface area contributed by atoms with E-state index in [0.29, 0.717) is 6.61 Å². The predicted octanol–water partition coefficient (Wildman–Crippen LogP) is 4.52. The molecule has 0 radical (unpaired) electrons. The van der Waals surface area contributed by atoms with Crippen LogP contribution in [0, 0.1) is 6.92 Å². The van der Waals surface area contributed by atoms with E-state index in [0.717, 1.165) is 23.2 Å². The van der Waals surface area contributed by atoms with Gasteiger partial charge in [0.05, 0.1) is 13.7 Å². The highest BCUT2D eigenvalue weighted by Crippen LogP contribution is 2.22. The second-order valence-corrected chi connectivity index (χ2v) is 5.25. The third-order valence-corrected chi connectivity index (χ3v) is 3.77. The first-order valence-electron chi connectivity index (χ1n) is 6.64. The third-order valence-electron chi connectivity index (χ3n) is 3.17. The summed E-state index contributed by atoms with van der Waals surface area (Å²) in [4.78, 5) is 0. The number of rotatable bonds is 6. The summed E-state index contributed by atoms with van der Waals surface area (Å²) < 4.78 is 11.0. The van der Waals surface area contributed by atoms with Gasteiger partial charge in [-0.1, -0.05) is 45.8 Å². The highest BCUT2D eigenvalue weighted by molar-refractivity contribution is 9.08. The van der Waals surface area contributed by atoms with Gasteiger partial charge in [0.2, 0.25) is 0 Å². The zero-order valence-corrected chi connectivity index (χ0v) is 13.4. The Kier molecular flexibility index (Phi) is 5.48. The van der Waals surface area contributed by atoms with Crippen LogP contribution in [0.2, 0.25) is 0 Å². The Morgan fingerprint density at radius 3 is 2.45 bits per heavy atom. The normalized spacial score (nSPS) is 10.3. The predicted molar refractivity (Wildman–Crippen MR) is 86.0 cm³/mol. The van der Waals surface area contributed by atoms with Gasteiger partial charge in [0.15, 0.2) is 0 Å². The Hall–Kier alpha value is -1.48. The fourth-order valence-corrected chi connectivity index (χ4v) is 2.46. The van der Waals surface area contributed by atoms with E-state index >= 15 is 0 Å². The molecule has 0 fully saturated rings. The van der Waals surface area contributed by atoms with Gasteiger partial charge in [-0.3, -0.25) is 0 Å². The van der Waals surface area contributed by atoms with E-state index in [-0.39, 0.29) is 0 Å². The van der Waals surface area contributed by atoms with E-state index in [9.17, 15) is 0 Å². The fraction of sp³-hybridized carbons (Fsp3) is 0.294. The standard InChI is InChI=1S/C17H19BrO2/c1-13-3-8-17(15(11-13)12-18)20-10-9-14-4-6-16(19-2)7-5-14/h3-8,11H,9-10,12H2,1-2H3. The number of hydrogen-bond acceptors (Lipinski definition) is 2. The molecule has 2 nitrogen and oxygen atoms in total. The van der Waals surface area contributed by atoms with Crippen LogP contribution in [0.5, 0.6) is 11.5 Å². The van der Waals surface area contributed by atoms with Gasteiger partial charge in [-0.05, 0) is 30.7 Å². The number of aryl methyl sites for hydroxylation is 1. The summed E-state index contributed by atoms with van der Waals surface area (Å²) in [5.74, 6) is 1.84. The molecule has 0 saturated carbocycles. The van der Waals surface area contributed by atoms with Crippen molar-refractivity contribution >= 4 is 15.9 Å². The SMILES string of the molecule is COc1ccc(CCOc2ccc(C)cc2CBr)cc1. The van der Waals surface area contributed by atoms with Crippen LogP contribution in [0.25, 0.3) is 0 Å². The zero-order chi connectivity index (χ0) is 14.4. The van der Waals surface area contributed by atoms with E-state index in [4.69, 9.17) is 9.47 Å². The molecule has 0 spiro atoms. The third kappa shape index (κ3) is 4.01. The van der Waals surface area contributed by atoms with E-state index in [1.54, 1.807) is 7.11 Å². The molecular formula is C17H19BrO2. The molecule has 0 bridgehead atoms. The first kappa shape index (κ1) is 14.9. The molecule has 0 aliphatic heterocycles. The first-order valence-corrected chi connectivity index (χ1v) is 7.76. The Labute approximate surface area is 128 Å². The molecule has 2 rings (SSSR count). The quantitative estimate of drug-likeness (QED) is 0.723. The van der Waals surface area contributed by atoms with Gasteiger partial charge in [0, 0.05) is 17.3 Å². The Morgan fingerprint density at radius 1 is 1.05 bits per heavy atom. The molecule has 3 heteroatoms. The molecule has 2 aromatic carbocycles. The van der Waals surface area contributed by atoms with Gasteiger partial charge in [0.1, 0.15) is 11.5 Å². The second-order valence-electron chi connectivity index (χ2n) is 4.69. The number of halogens is 1. The summed E-state index contributed by atoms with van der Waals surface area (Å²) in [5.41, 5.74) is 3.69. The molecule has 0 N–H and O–H groups in total. The van der Waals surface area contributed by atoms with Crippen molar-refractivity contribution in [2.75, 3.05) is 13.7 Å². The monoisotopic (exact) mass is 334 g/mol. The number of alkyl halides is 1. The van der Waals surface area contributed by atoms with E-state index in [1.807, 2.05) is 18.2 Å². The summed E-state index contributed by atoms with van der Waals surface area (Å²) in [6.07, 6.45) is 0.888. The van der Waals surface area contributed by atoms with Crippen LogP contribution in [-0.4, -0.2) is 13.7 Å². The van der Waals surface area contributed by atoms with Crippen molar-refractivity contribution in [3.05, 3.63) is 59.2 Å². The lowest BCUT2D eigenvalue weighted by Gasteiger charge is -2.11. The smallest absolute Gasteiger partial charge is 0.123 e. The summed E-state index contributed by atoms with van der Waals surface area (Å²) in [7, 11) is 1.68. The van der Waals surface area contributed by atoms with E-state index in [1.165, 1.54) is 16.7 Å². The molecule has 106 valence electrons. The molecular weight excluding hydrogens is 316 g/mol. The summed E-state index contributed by atoms with van der Waals surface area (Å²) in [5, 5.41) is 0.812. The molecule has 2 aromatic rings. The minimum Gasteiger partial charge on any atom is -0.497 e. The van der Waals surface area contributed by atoms with Crippen LogP contribution in [0.3, 0.4) is 0 Å². The average molecular weight is 335 g/mol. The molecule has 20 heavy (non-hydrogen) atoms. The van der Waals surface area contributed by atoms with Crippen molar-refractivity contribution in [1.29, 1.82) is 0 Å². The molecule has 0 atom stereocenters. The minimum absolute atomic E-state index is 0.676. The lowest BCUT2D eigenvalue weighted by molar-refractivity contribution is 0.319. The fourth-order valence-electron chi connectivity index (χ4n) is 2.02. The number of hydrogen-bond donors (Lipinski definition) is 0. The van der Waals surface area contributed by atoms with Crippen LogP contribution < -0.4 is 9.47 Å². The molecule has 0 heterocycles. The van der Waals surface area contributed by atoms with Gasteiger partial charge >= 0.3 is 0 Å². The van der Waals surface area contributed by atoms with Crippen molar-refractivity contribution in [2.24, 2.45) is 0 Å². The molecule has 0 unspecified atom stereocenters. The van der Waals surface area contributed by atoms with Gasteiger partial charge in [0.25, 0.3) is 0 Å². The maximum atomic E-state index is 5.88. The lowest BCUT2D eigenvalue weighted by atomic mass is 10.1. The van der Waals surface area contributed by atoms with Crippen LogP contribution in [0.4, 0.5) is 0 Å². The van der Waals surface area contributed by atoms with Gasteiger partial charge < -0.3 is 9.47 Å². The molecule has 0 saturated heterocycles. The van der Waals surface area contributed by atoms with Crippen molar-refractivity contribution < 1.29 is 9.47 Å². The minimum atomic E-state index is 0.676. The zero-order valence-electron chi connectivity index (χ0n) is 11.9. The maximum absolute atomic E-state index is 5.88. The topological polar surface area (TPSA) is 18.5 Å². The van der Waals surface area contributed by atoms with Crippen molar-refractivity contribution in [2.45, 2.75) is 18.7 Å². The van der Waals surface area contributed by atoms with Crippen LogP contribution in [-0.2, 0) is 11.8 Å². The van der Waals surface area contributed by atoms with Gasteiger partial charge in [-0.25, -0.2) is 0 Å². The number of methoxy groups -OCH3 is 1. The maximum Gasteiger partial charge on any atom is 0.123 e. The van der Waals surface area contributed by atoms with Crippen LogP contribution >= 0.6 is 15.9 Å². The van der Waals surface area contributed by atoms with Crippen molar-refractivity contribution in [1.82, 2.24) is 0 Å². The highest BCUT2D eigenvalue weighted by Gasteiger charge is 2.03. The molecule has 0 aliphatic rings. The first-order chi connectivity index (χ1) is 9.72. The van der Waals surface area contributed by atoms with Crippen molar-refractivity contribution in [3.8, 4) is 11.5 Å². The summed E-state index contributed by atoms with van der Waals surface area (Å²) >= 11 is 3.50. The van der Waals surface area contributed by atoms with E-state index in [2.05, 4.69) is 47.1 Å². The summed E-state index contributed by atoms with van der Waals surface area (Å²) in [6, 6.07) is 14.4. The van der Waals surface area contributed by atoms with E-state index < -0.39 is 0 Å². The summed E-state index contributed by atoms with van der Waals surface area (Å²) in [6.45, 7) is 2.77. The highest BCUT2D eigenvalue weighted by atomic mass is 79.9.